The Morgan fingerprint density at radius 3 is 3.11 bits per heavy atom. The zero-order chi connectivity index (χ0) is 12.5. The van der Waals surface area contributed by atoms with Gasteiger partial charge in [-0.15, -0.1) is 0 Å². The van der Waals surface area contributed by atoms with Gasteiger partial charge in [-0.3, -0.25) is 0 Å². The second-order valence-corrected chi connectivity index (χ2v) is 5.91. The molecule has 1 aliphatic carbocycles. The van der Waals surface area contributed by atoms with Crippen LogP contribution < -0.4 is 10.2 Å². The molecular weight excluding hydrogens is 220 g/mol. The molecule has 3 rings (SSSR count). The van der Waals surface area contributed by atoms with Crippen molar-refractivity contribution < 1.29 is 0 Å². The van der Waals surface area contributed by atoms with Crippen LogP contribution in [0.4, 0.5) is 5.69 Å². The predicted octanol–water partition coefficient (Wildman–Crippen LogP) is 2.96. The molecule has 1 saturated carbocycles. The smallest absolute Gasteiger partial charge is 0.0397 e. The Labute approximate surface area is 110 Å². The van der Waals surface area contributed by atoms with Crippen LogP contribution >= 0.6 is 0 Å². The fourth-order valence-corrected chi connectivity index (χ4v) is 3.17. The standard InChI is InChI=1S/C16H24N2/c1-3-4-13-10-15(13)17-11-12-5-6-16-14(9-12)7-8-18(16)2/h5-6,9,13,15,17H,3-4,7-8,10-11H2,1-2H3. The maximum absolute atomic E-state index is 3.70. The molecule has 2 nitrogen and oxygen atoms in total. The van der Waals surface area contributed by atoms with Gasteiger partial charge in [0.05, 0.1) is 0 Å². The third kappa shape index (κ3) is 2.39. The maximum Gasteiger partial charge on any atom is 0.0397 e. The van der Waals surface area contributed by atoms with E-state index in [1.165, 1.54) is 49.0 Å². The Bertz CT molecular complexity index is 427. The number of nitrogens with one attached hydrogen (secondary N) is 1. The van der Waals surface area contributed by atoms with Crippen LogP contribution in [0.5, 0.6) is 0 Å². The van der Waals surface area contributed by atoms with Crippen LogP contribution in [0.2, 0.25) is 0 Å². The number of rotatable bonds is 5. The quantitative estimate of drug-likeness (QED) is 0.856. The highest BCUT2D eigenvalue weighted by Crippen LogP contribution is 2.35. The summed E-state index contributed by atoms with van der Waals surface area (Å²) in [5.74, 6) is 0.954. The molecule has 2 atom stereocenters. The van der Waals surface area contributed by atoms with Crippen molar-refractivity contribution in [3.63, 3.8) is 0 Å². The molecule has 0 radical (unpaired) electrons. The van der Waals surface area contributed by atoms with E-state index in [0.29, 0.717) is 0 Å². The van der Waals surface area contributed by atoms with Crippen LogP contribution in [-0.2, 0) is 13.0 Å². The predicted molar refractivity (Wildman–Crippen MR) is 77.1 cm³/mol. The van der Waals surface area contributed by atoms with E-state index in [2.05, 4.69) is 42.4 Å². The van der Waals surface area contributed by atoms with E-state index < -0.39 is 0 Å². The van der Waals surface area contributed by atoms with Gasteiger partial charge in [0.15, 0.2) is 0 Å². The average Bonchev–Trinajstić information content (AvgIpc) is 3.02. The molecule has 1 aromatic carbocycles. The van der Waals surface area contributed by atoms with E-state index >= 15 is 0 Å². The van der Waals surface area contributed by atoms with Gasteiger partial charge in [0, 0.05) is 31.9 Å². The van der Waals surface area contributed by atoms with E-state index in [-0.39, 0.29) is 0 Å². The van der Waals surface area contributed by atoms with Crippen molar-refractivity contribution in [1.29, 1.82) is 0 Å². The van der Waals surface area contributed by atoms with Gasteiger partial charge < -0.3 is 10.2 Å². The van der Waals surface area contributed by atoms with Gasteiger partial charge in [0.2, 0.25) is 0 Å². The first-order valence-electron chi connectivity index (χ1n) is 7.34. The molecular formula is C16H24N2. The summed E-state index contributed by atoms with van der Waals surface area (Å²) in [4.78, 5) is 2.35. The molecule has 2 aliphatic rings. The molecule has 1 aliphatic heterocycles. The summed E-state index contributed by atoms with van der Waals surface area (Å²) in [5.41, 5.74) is 4.40. The molecule has 1 aromatic rings. The lowest BCUT2D eigenvalue weighted by molar-refractivity contribution is 0.599. The third-order valence-corrected chi connectivity index (χ3v) is 4.42. The normalized spacial score (nSPS) is 25.3. The minimum Gasteiger partial charge on any atom is -0.374 e. The number of fused-ring (bicyclic) bond motifs is 1. The van der Waals surface area contributed by atoms with Crippen LogP contribution in [-0.4, -0.2) is 19.6 Å². The minimum atomic E-state index is 0.792. The lowest BCUT2D eigenvalue weighted by Crippen LogP contribution is -2.17. The highest BCUT2D eigenvalue weighted by Gasteiger charge is 2.35. The SMILES string of the molecule is CCCC1CC1NCc1ccc2c(c1)CCN2C. The highest BCUT2D eigenvalue weighted by atomic mass is 15.1. The highest BCUT2D eigenvalue weighted by molar-refractivity contribution is 5.58. The monoisotopic (exact) mass is 244 g/mol. The first-order chi connectivity index (χ1) is 8.78. The van der Waals surface area contributed by atoms with Crippen molar-refractivity contribution in [3.05, 3.63) is 29.3 Å². The Morgan fingerprint density at radius 2 is 2.28 bits per heavy atom. The molecule has 1 heterocycles. The second kappa shape index (κ2) is 4.93. The number of hydrogen-bond acceptors (Lipinski definition) is 2. The molecule has 18 heavy (non-hydrogen) atoms. The number of hydrogen-bond donors (Lipinski definition) is 1. The first kappa shape index (κ1) is 12.0. The summed E-state index contributed by atoms with van der Waals surface area (Å²) in [7, 11) is 2.18. The van der Waals surface area contributed by atoms with E-state index in [1.807, 2.05) is 0 Å². The van der Waals surface area contributed by atoms with Crippen LogP contribution in [0.1, 0.15) is 37.3 Å². The summed E-state index contributed by atoms with van der Waals surface area (Å²) in [6.45, 7) is 4.50. The second-order valence-electron chi connectivity index (χ2n) is 5.91. The van der Waals surface area contributed by atoms with Crippen molar-refractivity contribution in [2.75, 3.05) is 18.5 Å². The molecule has 2 heteroatoms. The molecule has 2 unspecified atom stereocenters. The summed E-state index contributed by atoms with van der Waals surface area (Å²) in [5, 5.41) is 3.70. The van der Waals surface area contributed by atoms with E-state index in [9.17, 15) is 0 Å². The van der Waals surface area contributed by atoms with Crippen molar-refractivity contribution in [2.45, 2.75) is 45.2 Å². The Kier molecular flexibility index (Phi) is 3.29. The minimum absolute atomic E-state index is 0.792. The van der Waals surface area contributed by atoms with Crippen molar-refractivity contribution in [1.82, 2.24) is 5.32 Å². The molecule has 0 saturated heterocycles. The number of anilines is 1. The molecule has 0 aromatic heterocycles. The van der Waals surface area contributed by atoms with Gasteiger partial charge in [-0.25, -0.2) is 0 Å². The third-order valence-electron chi connectivity index (χ3n) is 4.42. The van der Waals surface area contributed by atoms with Gasteiger partial charge >= 0.3 is 0 Å². The molecule has 0 bridgehead atoms. The fraction of sp³-hybridized carbons (Fsp3) is 0.625. The first-order valence-corrected chi connectivity index (χ1v) is 7.34. The van der Waals surface area contributed by atoms with Gasteiger partial charge in [-0.2, -0.15) is 0 Å². The zero-order valence-corrected chi connectivity index (χ0v) is 11.6. The number of nitrogens with zero attached hydrogens (tertiary/aromatic N) is 1. The maximum atomic E-state index is 3.70. The van der Waals surface area contributed by atoms with Crippen molar-refractivity contribution in [2.24, 2.45) is 5.92 Å². The van der Waals surface area contributed by atoms with E-state index in [4.69, 9.17) is 0 Å². The molecule has 1 N–H and O–H groups in total. The van der Waals surface area contributed by atoms with E-state index in [0.717, 1.165) is 18.5 Å². The largest absolute Gasteiger partial charge is 0.374 e. The van der Waals surface area contributed by atoms with Crippen LogP contribution in [0.25, 0.3) is 0 Å². The van der Waals surface area contributed by atoms with Crippen LogP contribution in [0.3, 0.4) is 0 Å². The lowest BCUT2D eigenvalue weighted by atomic mass is 10.1. The van der Waals surface area contributed by atoms with Crippen molar-refractivity contribution in [3.8, 4) is 0 Å². The van der Waals surface area contributed by atoms with Crippen LogP contribution in [0.15, 0.2) is 18.2 Å². The van der Waals surface area contributed by atoms with E-state index in [1.54, 1.807) is 0 Å². The van der Waals surface area contributed by atoms with Gasteiger partial charge in [-0.1, -0.05) is 25.5 Å². The summed E-state index contributed by atoms with van der Waals surface area (Å²) in [6, 6.07) is 7.75. The summed E-state index contributed by atoms with van der Waals surface area (Å²) < 4.78 is 0. The topological polar surface area (TPSA) is 15.3 Å². The van der Waals surface area contributed by atoms with Gasteiger partial charge in [0.25, 0.3) is 0 Å². The lowest BCUT2D eigenvalue weighted by Gasteiger charge is -2.12. The van der Waals surface area contributed by atoms with Gasteiger partial charge in [-0.05, 0) is 42.4 Å². The fourth-order valence-electron chi connectivity index (χ4n) is 3.17. The van der Waals surface area contributed by atoms with Crippen LogP contribution in [0, 0.1) is 5.92 Å². The Hall–Kier alpha value is -1.02. The Balaban J connectivity index is 1.55. The zero-order valence-electron chi connectivity index (χ0n) is 11.6. The average molecular weight is 244 g/mol. The summed E-state index contributed by atoms with van der Waals surface area (Å²) in [6.07, 6.45) is 5.32. The molecule has 1 fully saturated rings. The number of benzene rings is 1. The van der Waals surface area contributed by atoms with Gasteiger partial charge in [0.1, 0.15) is 0 Å². The number of likely N-dealkylation sites (N-methyl/N-ethyl adjacent to an activating group) is 1. The van der Waals surface area contributed by atoms with Crippen molar-refractivity contribution >= 4 is 5.69 Å². The summed E-state index contributed by atoms with van der Waals surface area (Å²) >= 11 is 0. The molecule has 0 spiro atoms. The molecule has 98 valence electrons. The molecule has 0 amide bonds. The Morgan fingerprint density at radius 1 is 1.39 bits per heavy atom.